The number of amides is 1. The van der Waals surface area contributed by atoms with Crippen LogP contribution in [-0.4, -0.2) is 35.3 Å². The molecule has 0 fully saturated rings. The summed E-state index contributed by atoms with van der Waals surface area (Å²) in [5.41, 5.74) is 0.550. The number of sulfonamides is 1. The minimum absolute atomic E-state index is 0.189. The number of aromatic nitrogens is 3. The number of carbonyl (C=O) groups is 1. The maximum absolute atomic E-state index is 12.7. The SMILES string of the molecule is Cn1cnnc1-c1ccccc1NS(=O)(=O)c1ccc(NC(=O)C(F)(F)F)cc1. The third-order valence-corrected chi connectivity index (χ3v) is 5.19. The second kappa shape index (κ2) is 7.54. The topological polar surface area (TPSA) is 106 Å². The van der Waals surface area contributed by atoms with Gasteiger partial charge in [-0.1, -0.05) is 12.1 Å². The number of hydrogen-bond acceptors (Lipinski definition) is 5. The van der Waals surface area contributed by atoms with Gasteiger partial charge in [0.15, 0.2) is 5.82 Å². The molecule has 12 heteroatoms. The smallest absolute Gasteiger partial charge is 0.318 e. The predicted octanol–water partition coefficient (Wildman–Crippen LogP) is 2.78. The molecule has 0 aliphatic carbocycles. The van der Waals surface area contributed by atoms with Gasteiger partial charge in [0.1, 0.15) is 6.33 Å². The molecule has 2 aromatic carbocycles. The van der Waals surface area contributed by atoms with E-state index in [0.29, 0.717) is 11.4 Å². The molecule has 1 amide bonds. The van der Waals surface area contributed by atoms with Crippen LogP contribution in [0.4, 0.5) is 24.5 Å². The van der Waals surface area contributed by atoms with E-state index in [-0.39, 0.29) is 16.3 Å². The Morgan fingerprint density at radius 2 is 1.72 bits per heavy atom. The van der Waals surface area contributed by atoms with Crippen molar-refractivity contribution in [1.82, 2.24) is 14.8 Å². The first kappa shape index (κ1) is 20.3. The zero-order valence-electron chi connectivity index (χ0n) is 14.8. The van der Waals surface area contributed by atoms with Crippen molar-refractivity contribution < 1.29 is 26.4 Å². The molecule has 0 aliphatic rings. The van der Waals surface area contributed by atoms with Crippen LogP contribution in [0, 0.1) is 0 Å². The highest BCUT2D eigenvalue weighted by Gasteiger charge is 2.38. The van der Waals surface area contributed by atoms with Gasteiger partial charge >= 0.3 is 12.1 Å². The Bertz CT molecular complexity index is 1140. The van der Waals surface area contributed by atoms with E-state index in [1.54, 1.807) is 41.2 Å². The molecule has 0 spiro atoms. The summed E-state index contributed by atoms with van der Waals surface area (Å²) in [5.74, 6) is -1.71. The Labute approximate surface area is 163 Å². The molecule has 3 rings (SSSR count). The number of nitrogens with zero attached hydrogens (tertiary/aromatic N) is 3. The van der Waals surface area contributed by atoms with Gasteiger partial charge < -0.3 is 9.88 Å². The molecule has 29 heavy (non-hydrogen) atoms. The molecule has 0 unspecified atom stereocenters. The van der Waals surface area contributed by atoms with E-state index >= 15 is 0 Å². The molecule has 0 radical (unpaired) electrons. The van der Waals surface area contributed by atoms with Crippen LogP contribution < -0.4 is 10.0 Å². The zero-order chi connectivity index (χ0) is 21.2. The van der Waals surface area contributed by atoms with Gasteiger partial charge in [-0.25, -0.2) is 8.42 Å². The number of hydrogen-bond donors (Lipinski definition) is 2. The van der Waals surface area contributed by atoms with Gasteiger partial charge in [-0.05, 0) is 36.4 Å². The number of carbonyl (C=O) groups excluding carboxylic acids is 1. The molecule has 1 aromatic heterocycles. The van der Waals surface area contributed by atoms with Crippen LogP contribution in [-0.2, 0) is 21.9 Å². The molecular formula is C17H14F3N5O3S. The monoisotopic (exact) mass is 425 g/mol. The molecule has 8 nitrogen and oxygen atoms in total. The standard InChI is InChI=1S/C17H14F3N5O3S/c1-25-10-21-23-15(25)13-4-2-3-5-14(13)24-29(27,28)12-8-6-11(7-9-12)22-16(26)17(18,19)20/h2-10,24H,1H3,(H,22,26). The van der Waals surface area contributed by atoms with Gasteiger partial charge in [0.05, 0.1) is 10.6 Å². The molecule has 2 N–H and O–H groups in total. The highest BCUT2D eigenvalue weighted by molar-refractivity contribution is 7.92. The van der Waals surface area contributed by atoms with Crippen molar-refractivity contribution in [3.05, 3.63) is 54.9 Å². The number of nitrogens with one attached hydrogen (secondary N) is 2. The van der Waals surface area contributed by atoms with Crippen molar-refractivity contribution in [2.75, 3.05) is 10.0 Å². The predicted molar refractivity (Wildman–Crippen MR) is 98.4 cm³/mol. The Morgan fingerprint density at radius 3 is 2.31 bits per heavy atom. The average molecular weight is 425 g/mol. The first-order valence-corrected chi connectivity index (χ1v) is 9.51. The largest absolute Gasteiger partial charge is 0.471 e. The third kappa shape index (κ3) is 4.54. The van der Waals surface area contributed by atoms with Gasteiger partial charge in [0.2, 0.25) is 0 Å². The minimum Gasteiger partial charge on any atom is -0.318 e. The summed E-state index contributed by atoms with van der Waals surface area (Å²) in [7, 11) is -2.35. The summed E-state index contributed by atoms with van der Waals surface area (Å²) >= 11 is 0. The van der Waals surface area contributed by atoms with Crippen LogP contribution in [0.3, 0.4) is 0 Å². The van der Waals surface area contributed by atoms with E-state index in [0.717, 1.165) is 24.3 Å². The minimum atomic E-state index is -5.05. The van der Waals surface area contributed by atoms with E-state index in [4.69, 9.17) is 0 Å². The maximum atomic E-state index is 12.7. The normalized spacial score (nSPS) is 11.9. The van der Waals surface area contributed by atoms with Crippen LogP contribution in [0.1, 0.15) is 0 Å². The lowest BCUT2D eigenvalue weighted by Crippen LogP contribution is -2.29. The van der Waals surface area contributed by atoms with Crippen LogP contribution in [0.25, 0.3) is 11.4 Å². The Balaban J connectivity index is 1.84. The van der Waals surface area contributed by atoms with E-state index < -0.39 is 22.1 Å². The van der Waals surface area contributed by atoms with Crippen LogP contribution in [0.5, 0.6) is 0 Å². The van der Waals surface area contributed by atoms with Crippen LogP contribution >= 0.6 is 0 Å². The maximum Gasteiger partial charge on any atom is 0.471 e. The first-order chi connectivity index (χ1) is 13.6. The number of alkyl halides is 3. The molecule has 3 aromatic rings. The summed E-state index contributed by atoms with van der Waals surface area (Å²) in [5, 5.41) is 9.37. The number of anilines is 2. The molecule has 0 saturated heterocycles. The van der Waals surface area contributed by atoms with E-state index in [2.05, 4.69) is 14.9 Å². The van der Waals surface area contributed by atoms with Crippen molar-refractivity contribution in [3.63, 3.8) is 0 Å². The van der Waals surface area contributed by atoms with E-state index in [9.17, 15) is 26.4 Å². The van der Waals surface area contributed by atoms with Crippen LogP contribution in [0.2, 0.25) is 0 Å². The Morgan fingerprint density at radius 1 is 1.07 bits per heavy atom. The van der Waals surface area contributed by atoms with Gasteiger partial charge in [0.25, 0.3) is 10.0 Å². The van der Waals surface area contributed by atoms with Crippen molar-refractivity contribution >= 4 is 27.3 Å². The number of aryl methyl sites for hydroxylation is 1. The van der Waals surface area contributed by atoms with Gasteiger partial charge in [0, 0.05) is 18.3 Å². The molecular weight excluding hydrogens is 411 g/mol. The fourth-order valence-electron chi connectivity index (χ4n) is 2.42. The number of rotatable bonds is 5. The van der Waals surface area contributed by atoms with E-state index in [1.807, 2.05) is 0 Å². The highest BCUT2D eigenvalue weighted by Crippen LogP contribution is 2.28. The lowest BCUT2D eigenvalue weighted by molar-refractivity contribution is -0.167. The molecule has 152 valence electrons. The van der Waals surface area contributed by atoms with Crippen molar-refractivity contribution in [3.8, 4) is 11.4 Å². The summed E-state index contributed by atoms with van der Waals surface area (Å²) in [4.78, 5) is 10.8. The summed E-state index contributed by atoms with van der Waals surface area (Å²) in [6, 6.07) is 10.8. The number of para-hydroxylation sites is 1. The third-order valence-electron chi connectivity index (χ3n) is 3.80. The fourth-order valence-corrected chi connectivity index (χ4v) is 3.50. The van der Waals surface area contributed by atoms with Crippen molar-refractivity contribution in [1.29, 1.82) is 0 Å². The van der Waals surface area contributed by atoms with Crippen molar-refractivity contribution in [2.45, 2.75) is 11.1 Å². The Hall–Kier alpha value is -3.41. The average Bonchev–Trinajstić information content (AvgIpc) is 3.07. The second-order valence-electron chi connectivity index (χ2n) is 5.89. The zero-order valence-corrected chi connectivity index (χ0v) is 15.6. The molecule has 1 heterocycles. The van der Waals surface area contributed by atoms with E-state index in [1.165, 1.54) is 6.33 Å². The van der Waals surface area contributed by atoms with Gasteiger partial charge in [-0.3, -0.25) is 9.52 Å². The number of benzene rings is 2. The Kier molecular flexibility index (Phi) is 5.29. The van der Waals surface area contributed by atoms with Gasteiger partial charge in [-0.2, -0.15) is 13.2 Å². The summed E-state index contributed by atoms with van der Waals surface area (Å²) in [6.07, 6.45) is -3.58. The highest BCUT2D eigenvalue weighted by atomic mass is 32.2. The van der Waals surface area contributed by atoms with Crippen LogP contribution in [0.15, 0.2) is 59.8 Å². The molecule has 0 bridgehead atoms. The lowest BCUT2D eigenvalue weighted by Gasteiger charge is -2.13. The lowest BCUT2D eigenvalue weighted by atomic mass is 10.2. The molecule has 0 saturated carbocycles. The summed E-state index contributed by atoms with van der Waals surface area (Å²) < 4.78 is 66.3. The fraction of sp³-hybridized carbons (Fsp3) is 0.118. The quantitative estimate of drug-likeness (QED) is 0.654. The number of halogens is 3. The summed E-state index contributed by atoms with van der Waals surface area (Å²) in [6.45, 7) is 0. The molecule has 0 aliphatic heterocycles. The van der Waals surface area contributed by atoms with Gasteiger partial charge in [-0.15, -0.1) is 10.2 Å². The second-order valence-corrected chi connectivity index (χ2v) is 7.58. The molecule has 0 atom stereocenters. The van der Waals surface area contributed by atoms with Crippen molar-refractivity contribution in [2.24, 2.45) is 7.05 Å². The first-order valence-electron chi connectivity index (χ1n) is 8.02.